The summed E-state index contributed by atoms with van der Waals surface area (Å²) in [4.78, 5) is 0. The third kappa shape index (κ3) is 5.69. The molecule has 0 aromatic heterocycles. The van der Waals surface area contributed by atoms with Gasteiger partial charge >= 0.3 is 0 Å². The van der Waals surface area contributed by atoms with Gasteiger partial charge in [0.15, 0.2) is 0 Å². The Morgan fingerprint density at radius 2 is 1.67 bits per heavy atom. The molecule has 1 aromatic carbocycles. The zero-order valence-electron chi connectivity index (χ0n) is 13.2. The largest absolute Gasteiger partial charge is 0.103 e. The van der Waals surface area contributed by atoms with Gasteiger partial charge < -0.3 is 0 Å². The van der Waals surface area contributed by atoms with Crippen molar-refractivity contribution in [3.05, 3.63) is 35.9 Å². The summed E-state index contributed by atoms with van der Waals surface area (Å²) >= 11 is 0. The van der Waals surface area contributed by atoms with Crippen LogP contribution >= 0.6 is 0 Å². The van der Waals surface area contributed by atoms with Crippen LogP contribution in [-0.2, 0) is 0 Å². The number of rotatable bonds is 4. The maximum Gasteiger partial charge on any atom is 0.0245 e. The SMILES string of the molecule is CCCCC#CC[C@@H]1CCC[C@H]1CC#Cc1ccccc1. The van der Waals surface area contributed by atoms with E-state index in [1.54, 1.807) is 0 Å². The molecule has 1 aliphatic rings. The molecule has 1 aromatic rings. The number of unbranched alkanes of at least 4 members (excludes halogenated alkanes) is 2. The summed E-state index contributed by atoms with van der Waals surface area (Å²) < 4.78 is 0. The van der Waals surface area contributed by atoms with Crippen LogP contribution in [0.15, 0.2) is 30.3 Å². The highest BCUT2D eigenvalue weighted by Gasteiger charge is 2.25. The zero-order chi connectivity index (χ0) is 14.8. The molecule has 21 heavy (non-hydrogen) atoms. The first kappa shape index (κ1) is 15.7. The minimum Gasteiger partial charge on any atom is -0.103 e. The first-order chi connectivity index (χ1) is 10.4. The van der Waals surface area contributed by atoms with E-state index in [0.29, 0.717) is 0 Å². The predicted octanol–water partition coefficient (Wildman–Crippen LogP) is 5.43. The maximum atomic E-state index is 3.40. The fourth-order valence-electron chi connectivity index (χ4n) is 3.01. The average molecular weight is 278 g/mol. The second kappa shape index (κ2) is 9.31. The lowest BCUT2D eigenvalue weighted by Crippen LogP contribution is -2.06. The maximum absolute atomic E-state index is 3.40. The second-order valence-corrected chi connectivity index (χ2v) is 5.98. The first-order valence-electron chi connectivity index (χ1n) is 8.39. The van der Waals surface area contributed by atoms with Crippen LogP contribution in [0.2, 0.25) is 0 Å². The van der Waals surface area contributed by atoms with Crippen molar-refractivity contribution in [2.45, 2.75) is 58.3 Å². The van der Waals surface area contributed by atoms with E-state index >= 15 is 0 Å². The number of hydrogen-bond donors (Lipinski definition) is 0. The van der Waals surface area contributed by atoms with Crippen LogP contribution in [0.3, 0.4) is 0 Å². The van der Waals surface area contributed by atoms with Crippen molar-refractivity contribution in [1.82, 2.24) is 0 Å². The molecule has 0 heterocycles. The van der Waals surface area contributed by atoms with Crippen molar-refractivity contribution in [1.29, 1.82) is 0 Å². The van der Waals surface area contributed by atoms with Crippen LogP contribution in [-0.4, -0.2) is 0 Å². The second-order valence-electron chi connectivity index (χ2n) is 5.98. The monoisotopic (exact) mass is 278 g/mol. The molecular weight excluding hydrogens is 252 g/mol. The molecule has 1 aliphatic carbocycles. The quantitative estimate of drug-likeness (QED) is 0.509. The van der Waals surface area contributed by atoms with E-state index in [4.69, 9.17) is 0 Å². The van der Waals surface area contributed by atoms with E-state index in [-0.39, 0.29) is 0 Å². The van der Waals surface area contributed by atoms with Gasteiger partial charge in [-0.1, -0.05) is 49.8 Å². The predicted molar refractivity (Wildman–Crippen MR) is 90.7 cm³/mol. The van der Waals surface area contributed by atoms with Crippen molar-refractivity contribution in [2.75, 3.05) is 0 Å². The molecule has 0 amide bonds. The molecule has 0 heteroatoms. The van der Waals surface area contributed by atoms with Gasteiger partial charge in [-0.15, -0.1) is 11.8 Å². The third-order valence-electron chi connectivity index (χ3n) is 4.33. The Morgan fingerprint density at radius 3 is 2.38 bits per heavy atom. The molecule has 1 fully saturated rings. The van der Waals surface area contributed by atoms with E-state index in [1.165, 1.54) is 32.1 Å². The lowest BCUT2D eigenvalue weighted by atomic mass is 9.90. The van der Waals surface area contributed by atoms with Crippen LogP contribution in [0, 0.1) is 35.5 Å². The normalized spacial score (nSPS) is 20.2. The Morgan fingerprint density at radius 1 is 0.952 bits per heavy atom. The molecule has 2 rings (SSSR count). The highest BCUT2D eigenvalue weighted by atomic mass is 14.3. The van der Waals surface area contributed by atoms with Gasteiger partial charge in [-0.3, -0.25) is 0 Å². The summed E-state index contributed by atoms with van der Waals surface area (Å²) in [6.07, 6.45) is 9.72. The van der Waals surface area contributed by atoms with Crippen LogP contribution in [0.4, 0.5) is 0 Å². The lowest BCUT2D eigenvalue weighted by molar-refractivity contribution is 0.404. The molecular formula is C21H26. The third-order valence-corrected chi connectivity index (χ3v) is 4.33. The van der Waals surface area contributed by atoms with Crippen molar-refractivity contribution in [3.8, 4) is 23.7 Å². The van der Waals surface area contributed by atoms with Crippen molar-refractivity contribution in [2.24, 2.45) is 11.8 Å². The van der Waals surface area contributed by atoms with Gasteiger partial charge in [0.1, 0.15) is 0 Å². The standard InChI is InChI=1S/C21H26/c1-2-3-4-5-9-15-20-17-11-18-21(20)16-10-14-19-12-7-6-8-13-19/h6-8,12-13,20-21H,2-4,11,15-18H2,1H3/t20-,21-/m1/s1. The Bertz CT molecular complexity index is 518. The van der Waals surface area contributed by atoms with Crippen molar-refractivity contribution < 1.29 is 0 Å². The lowest BCUT2D eigenvalue weighted by Gasteiger charge is -2.13. The van der Waals surface area contributed by atoms with Crippen LogP contribution < -0.4 is 0 Å². The van der Waals surface area contributed by atoms with Crippen LogP contribution in [0.1, 0.15) is 63.9 Å². The van der Waals surface area contributed by atoms with E-state index in [2.05, 4.69) is 42.7 Å². The van der Waals surface area contributed by atoms with Gasteiger partial charge in [0.2, 0.25) is 0 Å². The molecule has 0 aliphatic heterocycles. The smallest absolute Gasteiger partial charge is 0.0245 e. The van der Waals surface area contributed by atoms with Gasteiger partial charge in [0.25, 0.3) is 0 Å². The molecule has 1 saturated carbocycles. The van der Waals surface area contributed by atoms with E-state index in [1.807, 2.05) is 18.2 Å². The fraction of sp³-hybridized carbons (Fsp3) is 0.524. The molecule has 0 radical (unpaired) electrons. The van der Waals surface area contributed by atoms with Crippen LogP contribution in [0.5, 0.6) is 0 Å². The minimum absolute atomic E-state index is 0.765. The van der Waals surface area contributed by atoms with Gasteiger partial charge in [0, 0.05) is 24.8 Å². The summed E-state index contributed by atoms with van der Waals surface area (Å²) in [5.74, 6) is 15.0. The van der Waals surface area contributed by atoms with Gasteiger partial charge in [-0.25, -0.2) is 0 Å². The Labute approximate surface area is 130 Å². The van der Waals surface area contributed by atoms with Crippen LogP contribution in [0.25, 0.3) is 0 Å². The van der Waals surface area contributed by atoms with E-state index in [9.17, 15) is 0 Å². The molecule has 0 bridgehead atoms. The summed E-state index contributed by atoms with van der Waals surface area (Å²) in [5.41, 5.74) is 1.13. The number of benzene rings is 1. The Kier molecular flexibility index (Phi) is 6.97. The molecule has 0 spiro atoms. The summed E-state index contributed by atoms with van der Waals surface area (Å²) in [7, 11) is 0. The van der Waals surface area contributed by atoms with Gasteiger partial charge in [-0.05, 0) is 43.2 Å². The van der Waals surface area contributed by atoms with Crippen molar-refractivity contribution >= 4 is 0 Å². The van der Waals surface area contributed by atoms with E-state index in [0.717, 1.165) is 36.7 Å². The summed E-state index contributed by atoms with van der Waals surface area (Å²) in [6, 6.07) is 10.3. The summed E-state index contributed by atoms with van der Waals surface area (Å²) in [6.45, 7) is 2.22. The molecule has 0 saturated heterocycles. The average Bonchev–Trinajstić information content (AvgIpc) is 2.96. The highest BCUT2D eigenvalue weighted by Crippen LogP contribution is 2.35. The van der Waals surface area contributed by atoms with Crippen molar-refractivity contribution in [3.63, 3.8) is 0 Å². The highest BCUT2D eigenvalue weighted by molar-refractivity contribution is 5.33. The minimum atomic E-state index is 0.765. The molecule has 2 atom stereocenters. The van der Waals surface area contributed by atoms with Gasteiger partial charge in [-0.2, -0.15) is 0 Å². The zero-order valence-corrected chi connectivity index (χ0v) is 13.2. The van der Waals surface area contributed by atoms with E-state index < -0.39 is 0 Å². The van der Waals surface area contributed by atoms with Gasteiger partial charge in [0.05, 0.1) is 0 Å². The Balaban J connectivity index is 1.79. The Hall–Kier alpha value is -1.66. The molecule has 110 valence electrons. The topological polar surface area (TPSA) is 0 Å². The molecule has 0 nitrogen and oxygen atoms in total. The fourth-order valence-corrected chi connectivity index (χ4v) is 3.01. The summed E-state index contributed by atoms with van der Waals surface area (Å²) in [5, 5.41) is 0. The first-order valence-corrected chi connectivity index (χ1v) is 8.39. The molecule has 0 unspecified atom stereocenters. The molecule has 0 N–H and O–H groups in total. The number of hydrogen-bond acceptors (Lipinski definition) is 0.